The van der Waals surface area contributed by atoms with Gasteiger partial charge in [-0.3, -0.25) is 0 Å². The highest BCUT2D eigenvalue weighted by Crippen LogP contribution is 2.44. The zero-order valence-electron chi connectivity index (χ0n) is 7.60. The van der Waals surface area contributed by atoms with Gasteiger partial charge in [-0.25, -0.2) is 0 Å². The Kier molecular flexibility index (Phi) is 3.59. The fourth-order valence-electron chi connectivity index (χ4n) is 1.01. The van der Waals surface area contributed by atoms with Crippen molar-refractivity contribution >= 4 is 15.9 Å². The van der Waals surface area contributed by atoms with Crippen LogP contribution in [0.25, 0.3) is 0 Å². The van der Waals surface area contributed by atoms with Crippen LogP contribution >= 0.6 is 15.9 Å². The van der Waals surface area contributed by atoms with Gasteiger partial charge in [0.25, 0.3) is 0 Å². The molecule has 0 aliphatic rings. The molecule has 1 rings (SSSR count). The average molecular weight is 305 g/mol. The highest BCUT2D eigenvalue weighted by molar-refractivity contribution is 9.10. The van der Waals surface area contributed by atoms with Crippen molar-refractivity contribution in [2.75, 3.05) is 0 Å². The van der Waals surface area contributed by atoms with Crippen LogP contribution in [0.3, 0.4) is 0 Å². The van der Waals surface area contributed by atoms with E-state index in [-0.39, 0.29) is 0 Å². The van der Waals surface area contributed by atoms with Crippen molar-refractivity contribution in [2.45, 2.75) is 18.2 Å². The molecule has 0 heterocycles. The van der Waals surface area contributed by atoms with Gasteiger partial charge in [-0.15, -0.1) is 0 Å². The minimum absolute atomic E-state index is 0.495. The summed E-state index contributed by atoms with van der Waals surface area (Å²) in [6.07, 6.45) is -8.68. The lowest BCUT2D eigenvalue weighted by atomic mass is 10.0. The average Bonchev–Trinajstić information content (AvgIpc) is 2.16. The summed E-state index contributed by atoms with van der Waals surface area (Å²) in [6.45, 7) is 0. The molecule has 0 radical (unpaired) electrons. The van der Waals surface area contributed by atoms with E-state index in [4.69, 9.17) is 5.11 Å². The molecule has 0 saturated heterocycles. The van der Waals surface area contributed by atoms with Gasteiger partial charge in [0.15, 0.2) is 6.10 Å². The van der Waals surface area contributed by atoms with E-state index < -0.39 is 23.8 Å². The molecule has 0 bridgehead atoms. The number of benzene rings is 1. The molecule has 1 N–H and O–H groups in total. The zero-order chi connectivity index (χ0) is 12.6. The Morgan fingerprint density at radius 2 is 1.44 bits per heavy atom. The van der Waals surface area contributed by atoms with Crippen LogP contribution in [0.2, 0.25) is 0 Å². The normalized spacial score (nSPS) is 14.9. The van der Waals surface area contributed by atoms with E-state index >= 15 is 0 Å². The third-order valence-electron chi connectivity index (χ3n) is 1.91. The first-order valence-electron chi connectivity index (χ1n) is 4.04. The summed E-state index contributed by atoms with van der Waals surface area (Å²) < 4.78 is 61.7. The van der Waals surface area contributed by atoms with Crippen molar-refractivity contribution in [3.8, 4) is 0 Å². The maximum atomic E-state index is 12.7. The van der Waals surface area contributed by atoms with Gasteiger partial charge in [0.2, 0.25) is 0 Å². The summed E-state index contributed by atoms with van der Waals surface area (Å²) >= 11 is 2.99. The Balaban J connectivity index is 3.02. The van der Waals surface area contributed by atoms with Crippen LogP contribution in [0.15, 0.2) is 28.7 Å². The van der Waals surface area contributed by atoms with Gasteiger partial charge in [0.05, 0.1) is 0 Å². The summed E-state index contributed by atoms with van der Waals surface area (Å²) in [6, 6.07) is 4.53. The topological polar surface area (TPSA) is 20.2 Å². The van der Waals surface area contributed by atoms with Gasteiger partial charge in [-0.1, -0.05) is 28.1 Å². The molecule has 0 aliphatic heterocycles. The predicted octanol–water partition coefficient (Wildman–Crippen LogP) is 3.68. The van der Waals surface area contributed by atoms with E-state index in [0.717, 1.165) is 12.1 Å². The number of halogens is 6. The molecule has 0 spiro atoms. The second kappa shape index (κ2) is 4.29. The number of aliphatic hydroxyl groups is 1. The molecule has 1 unspecified atom stereocenters. The molecular weight excluding hydrogens is 299 g/mol. The first kappa shape index (κ1) is 13.4. The standard InChI is InChI=1S/C9H6BrF5O/c10-6-3-1-5(2-4-6)7(16)8(11,12)9(13,14)15/h1-4,7,16H. The summed E-state index contributed by atoms with van der Waals surface area (Å²) in [4.78, 5) is 0. The van der Waals surface area contributed by atoms with Gasteiger partial charge in [-0.05, 0) is 17.7 Å². The van der Waals surface area contributed by atoms with Crippen molar-refractivity contribution in [3.63, 3.8) is 0 Å². The maximum Gasteiger partial charge on any atom is 0.456 e. The number of alkyl halides is 5. The third-order valence-corrected chi connectivity index (χ3v) is 2.44. The molecule has 7 heteroatoms. The summed E-state index contributed by atoms with van der Waals surface area (Å²) in [7, 11) is 0. The summed E-state index contributed by atoms with van der Waals surface area (Å²) in [5.41, 5.74) is -0.495. The van der Waals surface area contributed by atoms with Crippen molar-refractivity contribution in [1.82, 2.24) is 0 Å². The monoisotopic (exact) mass is 304 g/mol. The SMILES string of the molecule is OC(c1ccc(Br)cc1)C(F)(F)C(F)(F)F. The number of rotatable bonds is 2. The molecule has 16 heavy (non-hydrogen) atoms. The minimum Gasteiger partial charge on any atom is -0.382 e. The van der Waals surface area contributed by atoms with Gasteiger partial charge in [-0.2, -0.15) is 22.0 Å². The first-order chi connectivity index (χ1) is 7.16. The predicted molar refractivity (Wildman–Crippen MR) is 50.1 cm³/mol. The van der Waals surface area contributed by atoms with E-state index in [9.17, 15) is 22.0 Å². The molecule has 1 nitrogen and oxygen atoms in total. The molecular formula is C9H6BrF5O. The first-order valence-corrected chi connectivity index (χ1v) is 4.83. The smallest absolute Gasteiger partial charge is 0.382 e. The van der Waals surface area contributed by atoms with Crippen LogP contribution in [0, 0.1) is 0 Å². The summed E-state index contributed by atoms with van der Waals surface area (Å²) in [5.74, 6) is -5.17. The largest absolute Gasteiger partial charge is 0.456 e. The molecule has 1 aromatic carbocycles. The van der Waals surface area contributed by atoms with Crippen LogP contribution in [-0.2, 0) is 0 Å². The molecule has 0 saturated carbocycles. The molecule has 0 amide bonds. The fraction of sp³-hybridized carbons (Fsp3) is 0.333. The van der Waals surface area contributed by atoms with Crippen molar-refractivity contribution < 1.29 is 27.1 Å². The van der Waals surface area contributed by atoms with Gasteiger partial charge >= 0.3 is 12.1 Å². The molecule has 0 fully saturated rings. The van der Waals surface area contributed by atoms with Crippen molar-refractivity contribution in [1.29, 1.82) is 0 Å². The Bertz CT molecular complexity index is 359. The second-order valence-electron chi connectivity index (χ2n) is 3.07. The van der Waals surface area contributed by atoms with Crippen LogP contribution < -0.4 is 0 Å². The third kappa shape index (κ3) is 2.52. The van der Waals surface area contributed by atoms with E-state index in [0.29, 0.717) is 4.47 Å². The Hall–Kier alpha value is -0.690. The van der Waals surface area contributed by atoms with E-state index in [1.165, 1.54) is 12.1 Å². The lowest BCUT2D eigenvalue weighted by molar-refractivity contribution is -0.315. The van der Waals surface area contributed by atoms with Gasteiger partial charge in [0, 0.05) is 4.47 Å². The highest BCUT2D eigenvalue weighted by atomic mass is 79.9. The van der Waals surface area contributed by atoms with Gasteiger partial charge < -0.3 is 5.11 Å². The second-order valence-corrected chi connectivity index (χ2v) is 3.99. The Morgan fingerprint density at radius 3 is 1.81 bits per heavy atom. The molecule has 0 aliphatic carbocycles. The molecule has 0 aromatic heterocycles. The van der Waals surface area contributed by atoms with E-state index in [1.54, 1.807) is 0 Å². The highest BCUT2D eigenvalue weighted by Gasteiger charge is 2.62. The molecule has 1 aromatic rings. The number of aliphatic hydroxyl groups excluding tert-OH is 1. The van der Waals surface area contributed by atoms with E-state index in [2.05, 4.69) is 15.9 Å². The fourth-order valence-corrected chi connectivity index (χ4v) is 1.27. The van der Waals surface area contributed by atoms with Crippen LogP contribution in [0.5, 0.6) is 0 Å². The minimum atomic E-state index is -5.78. The molecule has 1 atom stereocenters. The van der Waals surface area contributed by atoms with Crippen LogP contribution in [-0.4, -0.2) is 17.2 Å². The lowest BCUT2D eigenvalue weighted by Crippen LogP contribution is -2.42. The Labute approximate surface area is 96.0 Å². The van der Waals surface area contributed by atoms with Crippen molar-refractivity contribution in [2.24, 2.45) is 0 Å². The maximum absolute atomic E-state index is 12.7. The number of hydrogen-bond acceptors (Lipinski definition) is 1. The lowest BCUT2D eigenvalue weighted by Gasteiger charge is -2.24. The van der Waals surface area contributed by atoms with Gasteiger partial charge in [0.1, 0.15) is 0 Å². The number of hydrogen-bond donors (Lipinski definition) is 1. The molecule has 90 valence electrons. The van der Waals surface area contributed by atoms with E-state index in [1.807, 2.05) is 0 Å². The quantitative estimate of drug-likeness (QED) is 0.826. The van der Waals surface area contributed by atoms with Crippen LogP contribution in [0.4, 0.5) is 22.0 Å². The Morgan fingerprint density at radius 1 is 1.00 bits per heavy atom. The van der Waals surface area contributed by atoms with Crippen molar-refractivity contribution in [3.05, 3.63) is 34.3 Å². The zero-order valence-corrected chi connectivity index (χ0v) is 9.19. The van der Waals surface area contributed by atoms with Crippen LogP contribution in [0.1, 0.15) is 11.7 Å². The summed E-state index contributed by atoms with van der Waals surface area (Å²) in [5, 5.41) is 8.99.